The van der Waals surface area contributed by atoms with Gasteiger partial charge in [0, 0.05) is 22.9 Å². The highest BCUT2D eigenvalue weighted by molar-refractivity contribution is 7.77. The van der Waals surface area contributed by atoms with Crippen molar-refractivity contribution in [1.82, 2.24) is 0 Å². The van der Waals surface area contributed by atoms with Crippen LogP contribution in [-0.2, 0) is 22.2 Å². The van der Waals surface area contributed by atoms with Gasteiger partial charge in [-0.3, -0.25) is 0 Å². The standard InChI is InChI=1S/C9H10O3S/c10-8(11)6-4-1-2-5(3-4)7(6)9(12)13/h1-2,4-7H,3H2,(H,10,11)(H,12,13)/p-2/t4-,5-,6-,7+/m1/s1. The summed E-state index contributed by atoms with van der Waals surface area (Å²) in [6.45, 7) is 0. The van der Waals surface area contributed by atoms with Crippen LogP contribution >= 0.6 is 0 Å². The van der Waals surface area contributed by atoms with Crippen LogP contribution in [-0.4, -0.2) is 11.1 Å². The van der Waals surface area contributed by atoms with E-state index in [1.54, 1.807) is 0 Å². The molecule has 0 radical (unpaired) electrons. The maximum absolute atomic E-state index is 11.0. The first-order valence-corrected chi connectivity index (χ1v) is 4.62. The molecule has 0 saturated heterocycles. The number of hydrogen-bond donors (Lipinski definition) is 0. The second-order valence-corrected chi connectivity index (χ2v) is 4.04. The average Bonchev–Trinajstić information content (AvgIpc) is 2.60. The van der Waals surface area contributed by atoms with Crippen molar-refractivity contribution in [2.45, 2.75) is 6.42 Å². The van der Waals surface area contributed by atoms with Gasteiger partial charge in [0.25, 0.3) is 0 Å². The van der Waals surface area contributed by atoms with Crippen LogP contribution in [0.15, 0.2) is 12.2 Å². The minimum atomic E-state index is -1.14. The van der Waals surface area contributed by atoms with Crippen LogP contribution in [0.25, 0.3) is 0 Å². The molecule has 4 atom stereocenters. The van der Waals surface area contributed by atoms with Gasteiger partial charge in [0.1, 0.15) is 0 Å². The summed E-state index contributed by atoms with van der Waals surface area (Å²) in [6, 6.07) is 0. The maximum atomic E-state index is 11.0. The van der Waals surface area contributed by atoms with Gasteiger partial charge in [-0.1, -0.05) is 12.2 Å². The molecule has 3 nitrogen and oxygen atoms in total. The summed E-state index contributed by atoms with van der Waals surface area (Å²) in [5.74, 6) is -2.33. The Labute approximate surface area is 81.2 Å². The van der Waals surface area contributed by atoms with E-state index in [1.807, 2.05) is 12.2 Å². The van der Waals surface area contributed by atoms with Gasteiger partial charge in [-0.15, -0.1) is 0 Å². The summed E-state index contributed by atoms with van der Waals surface area (Å²) in [5, 5.41) is 10.3. The molecule has 2 bridgehead atoms. The van der Waals surface area contributed by atoms with Crippen molar-refractivity contribution in [2.24, 2.45) is 23.7 Å². The molecule has 1 fully saturated rings. The van der Waals surface area contributed by atoms with Gasteiger partial charge in [0.15, 0.2) is 0 Å². The van der Waals surface area contributed by atoms with E-state index in [0.29, 0.717) is 0 Å². The first-order chi connectivity index (χ1) is 6.11. The molecular formula is C9H8O3S-2. The monoisotopic (exact) mass is 196 g/mol. The third-order valence-corrected chi connectivity index (χ3v) is 3.28. The van der Waals surface area contributed by atoms with Gasteiger partial charge in [-0.25, -0.2) is 0 Å². The highest BCUT2D eigenvalue weighted by Crippen LogP contribution is 2.47. The van der Waals surface area contributed by atoms with Crippen molar-refractivity contribution >= 4 is 23.7 Å². The number of rotatable bonds is 2. The van der Waals surface area contributed by atoms with Crippen LogP contribution in [0.1, 0.15) is 6.42 Å². The molecule has 0 heterocycles. The van der Waals surface area contributed by atoms with E-state index in [2.05, 4.69) is 12.6 Å². The SMILES string of the molecule is O=C([S-])[C@@H]1[C@H](C(=O)[O-])[C@@H]2C=C[C@@H]1C2. The molecule has 0 aromatic heterocycles. The Morgan fingerprint density at radius 3 is 2.15 bits per heavy atom. The topological polar surface area (TPSA) is 57.2 Å². The van der Waals surface area contributed by atoms with Crippen LogP contribution in [0.5, 0.6) is 0 Å². The molecule has 4 heteroatoms. The molecule has 0 spiro atoms. The summed E-state index contributed by atoms with van der Waals surface area (Å²) in [6.07, 6.45) is 4.50. The normalized spacial score (nSPS) is 40.9. The molecular weight excluding hydrogens is 188 g/mol. The zero-order valence-electron chi connectivity index (χ0n) is 6.80. The van der Waals surface area contributed by atoms with Crippen molar-refractivity contribution < 1.29 is 14.7 Å². The Morgan fingerprint density at radius 1 is 1.23 bits per heavy atom. The number of carbonyl (C=O) groups excluding carboxylic acids is 2. The van der Waals surface area contributed by atoms with Gasteiger partial charge < -0.3 is 27.3 Å². The molecule has 1 saturated carbocycles. The second kappa shape index (κ2) is 2.80. The lowest BCUT2D eigenvalue weighted by atomic mass is 9.84. The van der Waals surface area contributed by atoms with Crippen molar-refractivity contribution in [2.75, 3.05) is 0 Å². The molecule has 2 aliphatic rings. The van der Waals surface area contributed by atoms with E-state index >= 15 is 0 Å². The number of carbonyl (C=O) groups is 2. The second-order valence-electron chi connectivity index (χ2n) is 3.64. The van der Waals surface area contributed by atoms with E-state index in [9.17, 15) is 14.7 Å². The number of allylic oxidation sites excluding steroid dienone is 2. The molecule has 0 N–H and O–H groups in total. The van der Waals surface area contributed by atoms with Gasteiger partial charge in [0.2, 0.25) is 0 Å². The Hall–Kier alpha value is -0.900. The van der Waals surface area contributed by atoms with Gasteiger partial charge in [-0.05, 0) is 18.3 Å². The molecule has 0 aromatic rings. The predicted molar refractivity (Wildman–Crippen MR) is 45.1 cm³/mol. The highest BCUT2D eigenvalue weighted by atomic mass is 32.1. The summed E-state index contributed by atoms with van der Waals surface area (Å²) in [4.78, 5) is 21.8. The first-order valence-electron chi connectivity index (χ1n) is 4.21. The van der Waals surface area contributed by atoms with Crippen LogP contribution < -0.4 is 5.11 Å². The molecule has 0 amide bonds. The third kappa shape index (κ3) is 1.16. The van der Waals surface area contributed by atoms with E-state index in [-0.39, 0.29) is 11.8 Å². The van der Waals surface area contributed by atoms with Crippen molar-refractivity contribution in [3.8, 4) is 0 Å². The van der Waals surface area contributed by atoms with E-state index in [4.69, 9.17) is 0 Å². The number of hydrogen-bond acceptors (Lipinski definition) is 4. The molecule has 0 aliphatic heterocycles. The van der Waals surface area contributed by atoms with Crippen LogP contribution in [0.2, 0.25) is 0 Å². The van der Waals surface area contributed by atoms with Crippen molar-refractivity contribution in [3.63, 3.8) is 0 Å². The Bertz CT molecular complexity index is 269. The smallest absolute Gasteiger partial charge is 0.0457 e. The van der Waals surface area contributed by atoms with Crippen molar-refractivity contribution in [1.29, 1.82) is 0 Å². The number of aliphatic carboxylic acids is 1. The number of carboxylic acid groups (broad SMARTS) is 1. The lowest BCUT2D eigenvalue weighted by Crippen LogP contribution is -2.40. The third-order valence-electron chi connectivity index (χ3n) is 3.00. The molecule has 0 unspecified atom stereocenters. The minimum Gasteiger partial charge on any atom is -0.742 e. The highest BCUT2D eigenvalue weighted by Gasteiger charge is 2.45. The lowest BCUT2D eigenvalue weighted by molar-refractivity contribution is -0.313. The summed E-state index contributed by atoms with van der Waals surface area (Å²) >= 11 is 4.54. The summed E-state index contributed by atoms with van der Waals surface area (Å²) < 4.78 is 0. The van der Waals surface area contributed by atoms with Gasteiger partial charge >= 0.3 is 0 Å². The quantitative estimate of drug-likeness (QED) is 0.430. The largest absolute Gasteiger partial charge is 0.742 e. The molecule has 2 rings (SSSR count). The predicted octanol–water partition coefficient (Wildman–Crippen LogP) is -0.752. The first kappa shape index (κ1) is 8.69. The minimum absolute atomic E-state index is 0.0353. The Balaban J connectivity index is 2.30. The van der Waals surface area contributed by atoms with Crippen LogP contribution in [0, 0.1) is 23.7 Å². The Morgan fingerprint density at radius 2 is 1.77 bits per heavy atom. The van der Waals surface area contributed by atoms with E-state index in [1.165, 1.54) is 0 Å². The fourth-order valence-corrected chi connectivity index (χ4v) is 2.79. The lowest BCUT2D eigenvalue weighted by Gasteiger charge is -2.30. The molecule has 13 heavy (non-hydrogen) atoms. The maximum Gasteiger partial charge on any atom is 0.0457 e. The number of fused-ring (bicyclic) bond motifs is 2. The molecule has 0 aromatic carbocycles. The fraction of sp³-hybridized carbons (Fsp3) is 0.556. The average molecular weight is 196 g/mol. The van der Waals surface area contributed by atoms with Crippen molar-refractivity contribution in [3.05, 3.63) is 12.2 Å². The van der Waals surface area contributed by atoms with E-state index < -0.39 is 22.9 Å². The summed E-state index contributed by atoms with van der Waals surface area (Å²) in [5.41, 5.74) is 0. The zero-order valence-corrected chi connectivity index (χ0v) is 7.62. The Kier molecular flexibility index (Phi) is 1.87. The van der Waals surface area contributed by atoms with Crippen LogP contribution in [0.3, 0.4) is 0 Å². The van der Waals surface area contributed by atoms with Gasteiger partial charge in [-0.2, -0.15) is 0 Å². The van der Waals surface area contributed by atoms with Gasteiger partial charge in [0.05, 0.1) is 0 Å². The van der Waals surface area contributed by atoms with Crippen LogP contribution in [0.4, 0.5) is 0 Å². The molecule has 70 valence electrons. The summed E-state index contributed by atoms with van der Waals surface area (Å²) in [7, 11) is 0. The molecule has 2 aliphatic carbocycles. The zero-order chi connectivity index (χ0) is 9.59. The fourth-order valence-electron chi connectivity index (χ4n) is 2.46. The van der Waals surface area contributed by atoms with E-state index in [0.717, 1.165) is 6.42 Å². The number of carboxylic acids is 1.